The van der Waals surface area contributed by atoms with Crippen LogP contribution in [0.4, 0.5) is 0 Å². The normalized spacial score (nSPS) is 4.29. The molecule has 228 valence electrons. The van der Waals surface area contributed by atoms with Crippen LogP contribution < -0.4 is 0 Å². The predicted molar refractivity (Wildman–Crippen MR) is 156 cm³/mol. The summed E-state index contributed by atoms with van der Waals surface area (Å²) in [5.74, 6) is 0. The first kappa shape index (κ1) is 139. The van der Waals surface area contributed by atoms with Crippen molar-refractivity contribution >= 4 is 0 Å². The maximum absolute atomic E-state index is 7.94. The molecule has 4 N–H and O–H groups in total. The number of hydrogen-bond acceptors (Lipinski definition) is 8. The predicted octanol–water partition coefficient (Wildman–Crippen LogP) is 8.02. The molecule has 0 atom stereocenters. The van der Waals surface area contributed by atoms with E-state index in [0.717, 1.165) is 0 Å². The van der Waals surface area contributed by atoms with E-state index in [1.807, 2.05) is 0 Å². The number of methoxy groups -OCH3 is 2. The Hall–Kier alpha value is 1.26. The van der Waals surface area contributed by atoms with Crippen LogP contribution in [0.2, 0.25) is 0 Å². The Labute approximate surface area is 268 Å². The summed E-state index contributed by atoms with van der Waals surface area (Å²) in [5.41, 5.74) is 0. The fourth-order valence-electron chi connectivity index (χ4n) is 0.183. The average molecular weight is 968 g/mol. The van der Waals surface area contributed by atoms with Gasteiger partial charge in [-0.25, -0.2) is 9.78 Å². The first-order chi connectivity index (χ1) is 11.1. The quantitative estimate of drug-likeness (QED) is 0.0970. The van der Waals surface area contributed by atoms with Crippen molar-refractivity contribution in [2.75, 3.05) is 54.9 Å². The van der Waals surface area contributed by atoms with Gasteiger partial charge in [0.25, 0.3) is 0 Å². The molecule has 0 spiro atoms. The van der Waals surface area contributed by atoms with Crippen LogP contribution in [0.5, 0.6) is 0 Å². The van der Waals surface area contributed by atoms with Gasteiger partial charge in [-0.1, -0.05) is 79.7 Å². The van der Waals surface area contributed by atoms with E-state index in [1.54, 1.807) is 14.2 Å². The molecule has 0 aliphatic rings. The van der Waals surface area contributed by atoms with Crippen LogP contribution in [-0.2, 0) is 19.2 Å². The zero-order valence-electron chi connectivity index (χ0n) is 17.8. The standard InChI is InChI=1S/2C3H8O2.C3H8.2C2H4.2CH4O2.8CH4.CH3.2U/c2*1-5-3-2-4;1-3-2;2*1-2;2*1-3-2;;;;;;;;;;;/h2*4H,2-3H2,1H3;3H2,1-2H3;2*1-2H2;2*2H,1H3;8*1H4;1H3;;/q;;;;;;;;;;;;;;;-1;;. The Bertz CT molecular complexity index is 96.3. The summed E-state index contributed by atoms with van der Waals surface area (Å²) < 4.78 is 8.88. The van der Waals surface area contributed by atoms with Crippen molar-refractivity contribution < 1.29 is 102 Å². The summed E-state index contributed by atoms with van der Waals surface area (Å²) in [6.07, 6.45) is 1.25. The monoisotopic (exact) mass is 968 g/mol. The van der Waals surface area contributed by atoms with E-state index in [-0.39, 0.29) is 142 Å². The molecule has 0 amide bonds. The minimum absolute atomic E-state index is 0. The van der Waals surface area contributed by atoms with E-state index in [0.29, 0.717) is 13.2 Å². The molecule has 0 aliphatic heterocycles. The second kappa shape index (κ2) is 360. The molecule has 0 aromatic heterocycles. The number of ether oxygens (including phenoxy) is 2. The van der Waals surface area contributed by atoms with E-state index in [9.17, 15) is 0 Å². The van der Waals surface area contributed by atoms with E-state index in [2.05, 4.69) is 59.4 Å². The topological polar surface area (TPSA) is 118 Å². The van der Waals surface area contributed by atoms with Gasteiger partial charge in [0, 0.05) is 76.4 Å². The number of hydrogen-bond donors (Lipinski definition) is 4. The number of aliphatic hydroxyl groups is 2. The minimum Gasteiger partial charge on any atom is -0.394 e. The molecule has 0 rings (SSSR count). The molecule has 0 radical (unpaired) electrons. The summed E-state index contributed by atoms with van der Waals surface area (Å²) in [5, 5.41) is 30.0. The van der Waals surface area contributed by atoms with E-state index >= 15 is 0 Å². The zero-order chi connectivity index (χ0) is 20.4. The van der Waals surface area contributed by atoms with E-state index < -0.39 is 0 Å². The molecular weight excluding hydrogens is 892 g/mol. The van der Waals surface area contributed by atoms with Crippen LogP contribution in [0.15, 0.2) is 26.3 Å². The summed E-state index contributed by atoms with van der Waals surface area (Å²) in [6, 6.07) is 0. The summed E-state index contributed by atoms with van der Waals surface area (Å²) in [6.45, 7) is 17.4. The molecule has 0 unspecified atom stereocenters. The number of aliphatic hydroxyl groups excluding tert-OH is 2. The van der Waals surface area contributed by atoms with E-state index in [1.165, 1.54) is 20.6 Å². The fraction of sp³-hybridized carbons (Fsp3) is 0.792. The van der Waals surface area contributed by atoms with Gasteiger partial charge in [-0.15, -0.1) is 26.3 Å². The maximum atomic E-state index is 7.94. The van der Waals surface area contributed by atoms with Gasteiger partial charge in [0.15, 0.2) is 0 Å². The third kappa shape index (κ3) is 1250. The Balaban J connectivity index is -0.00000000532. The SMILES string of the molecule is C.C.C.C.C.C.C.C.C=C.C=C.CCC.COCCO.COCCO.COO.COO.[CH3-].[U].[U]. The number of rotatable bonds is 4. The van der Waals surface area contributed by atoms with Gasteiger partial charge in [0.1, 0.15) is 0 Å². The average Bonchev–Trinajstić information content (AvgIpc) is 2.56. The second-order valence-corrected chi connectivity index (χ2v) is 2.51. The molecule has 0 heterocycles. The fourth-order valence-corrected chi connectivity index (χ4v) is 0.183. The van der Waals surface area contributed by atoms with Crippen LogP contribution in [-0.4, -0.2) is 75.6 Å². The summed E-state index contributed by atoms with van der Waals surface area (Å²) in [7, 11) is 5.46. The molecule has 0 aliphatic carbocycles. The largest absolute Gasteiger partial charge is 0.394 e. The van der Waals surface area contributed by atoms with Gasteiger partial charge in [-0.2, -0.15) is 0 Å². The molecule has 0 aromatic rings. The molecule has 0 fully saturated rings. The van der Waals surface area contributed by atoms with Crippen molar-refractivity contribution in [3.63, 3.8) is 0 Å². The first-order valence-corrected chi connectivity index (χ1v) is 6.62. The molecular formula is C24H75O8U2-. The Morgan fingerprint density at radius 1 is 0.529 bits per heavy atom. The molecule has 10 heteroatoms. The molecule has 0 bridgehead atoms. The van der Waals surface area contributed by atoms with Gasteiger partial charge in [0.05, 0.1) is 40.6 Å². The molecule has 34 heavy (non-hydrogen) atoms. The van der Waals surface area contributed by atoms with Gasteiger partial charge >= 0.3 is 0 Å². The van der Waals surface area contributed by atoms with Crippen molar-refractivity contribution in [3.8, 4) is 0 Å². The van der Waals surface area contributed by atoms with Gasteiger partial charge in [0.2, 0.25) is 0 Å². The molecule has 0 aromatic carbocycles. The summed E-state index contributed by atoms with van der Waals surface area (Å²) in [4.78, 5) is 6.50. The molecule has 0 saturated heterocycles. The molecule has 0 saturated carbocycles. The van der Waals surface area contributed by atoms with Gasteiger partial charge in [-0.05, 0) is 0 Å². The van der Waals surface area contributed by atoms with Crippen LogP contribution in [0.25, 0.3) is 0 Å². The third-order valence-corrected chi connectivity index (χ3v) is 0.591. The second-order valence-electron chi connectivity index (χ2n) is 2.51. The van der Waals surface area contributed by atoms with Crippen molar-refractivity contribution in [2.45, 2.75) is 79.7 Å². The zero-order valence-corrected chi connectivity index (χ0v) is 26.1. The first-order valence-electron chi connectivity index (χ1n) is 6.62. The minimum atomic E-state index is 0. The Kier molecular flexibility index (Phi) is 1470. The maximum Gasteiger partial charge on any atom is 0.0710 e. The van der Waals surface area contributed by atoms with Crippen molar-refractivity contribution in [3.05, 3.63) is 33.7 Å². The van der Waals surface area contributed by atoms with E-state index in [4.69, 9.17) is 20.7 Å². The van der Waals surface area contributed by atoms with Crippen LogP contribution in [0, 0.1) is 69.7 Å². The summed E-state index contributed by atoms with van der Waals surface area (Å²) >= 11 is 0. The van der Waals surface area contributed by atoms with Gasteiger partial charge in [-0.3, -0.25) is 10.5 Å². The van der Waals surface area contributed by atoms with Crippen molar-refractivity contribution in [2.24, 2.45) is 0 Å². The molecule has 8 nitrogen and oxygen atoms in total. The third-order valence-electron chi connectivity index (χ3n) is 0.591. The Morgan fingerprint density at radius 2 is 0.618 bits per heavy atom. The Morgan fingerprint density at radius 3 is 0.618 bits per heavy atom. The van der Waals surface area contributed by atoms with Crippen LogP contribution in [0.1, 0.15) is 79.7 Å². The smallest absolute Gasteiger partial charge is 0.0710 e. The van der Waals surface area contributed by atoms with Crippen LogP contribution in [0.3, 0.4) is 0 Å². The van der Waals surface area contributed by atoms with Gasteiger partial charge < -0.3 is 27.1 Å². The van der Waals surface area contributed by atoms with Crippen LogP contribution >= 0.6 is 0 Å². The van der Waals surface area contributed by atoms with Crippen molar-refractivity contribution in [1.82, 2.24) is 0 Å². The van der Waals surface area contributed by atoms with Crippen molar-refractivity contribution in [1.29, 1.82) is 0 Å².